The third-order valence-corrected chi connectivity index (χ3v) is 3.91. The van der Waals surface area contributed by atoms with Crippen molar-refractivity contribution in [1.82, 2.24) is 19.8 Å². The molecule has 2 heterocycles. The zero-order chi connectivity index (χ0) is 16.2. The van der Waals surface area contributed by atoms with E-state index in [9.17, 15) is 10.1 Å². The molecule has 0 saturated carbocycles. The second-order valence-corrected chi connectivity index (χ2v) is 5.63. The molecule has 0 atom stereocenters. The van der Waals surface area contributed by atoms with Crippen molar-refractivity contribution < 1.29 is 14.4 Å². The van der Waals surface area contributed by atoms with E-state index in [-0.39, 0.29) is 12.3 Å². The number of nitrogens with zero attached hydrogens (tertiary/aromatic N) is 5. The maximum absolute atomic E-state index is 10.6. The smallest absolute Gasteiger partial charge is 0.269 e. The second kappa shape index (κ2) is 6.67. The molecule has 23 heavy (non-hydrogen) atoms. The molecule has 0 spiro atoms. The molecule has 3 rings (SSSR count). The van der Waals surface area contributed by atoms with Gasteiger partial charge >= 0.3 is 0 Å². The molecule has 0 radical (unpaired) electrons. The molecule has 10 heteroatoms. The summed E-state index contributed by atoms with van der Waals surface area (Å²) in [6.45, 7) is 0.808. The van der Waals surface area contributed by atoms with E-state index in [0.717, 1.165) is 10.8 Å². The van der Waals surface area contributed by atoms with E-state index in [1.54, 1.807) is 23.8 Å². The zero-order valence-corrected chi connectivity index (χ0v) is 13.0. The lowest BCUT2D eigenvalue weighted by atomic mass is 10.3. The molecule has 0 saturated heterocycles. The Morgan fingerprint density at radius 1 is 1.30 bits per heavy atom. The molecule has 1 aromatic carbocycles. The fourth-order valence-corrected chi connectivity index (χ4v) is 2.68. The first-order valence-electron chi connectivity index (χ1n) is 6.73. The van der Waals surface area contributed by atoms with E-state index < -0.39 is 4.92 Å². The summed E-state index contributed by atoms with van der Waals surface area (Å²) in [5.41, 5.74) is 0.0268. The van der Waals surface area contributed by atoms with Crippen molar-refractivity contribution in [3.05, 3.63) is 45.2 Å². The molecular formula is C13H13N5O4S. The van der Waals surface area contributed by atoms with Crippen LogP contribution < -0.4 is 4.74 Å². The zero-order valence-electron chi connectivity index (χ0n) is 12.2. The molecule has 120 valence electrons. The number of benzene rings is 1. The molecule has 0 N–H and O–H groups in total. The van der Waals surface area contributed by atoms with Gasteiger partial charge in [-0.15, -0.1) is 10.2 Å². The van der Waals surface area contributed by atoms with E-state index >= 15 is 0 Å². The van der Waals surface area contributed by atoms with Crippen LogP contribution in [0.25, 0.3) is 4.96 Å². The van der Waals surface area contributed by atoms with Gasteiger partial charge in [-0.25, -0.2) is 0 Å². The Labute approximate surface area is 134 Å². The number of hydrogen-bond donors (Lipinski definition) is 0. The highest BCUT2D eigenvalue weighted by Gasteiger charge is 2.12. The topological polar surface area (TPSA) is 105 Å². The van der Waals surface area contributed by atoms with E-state index in [0.29, 0.717) is 23.7 Å². The van der Waals surface area contributed by atoms with Crippen molar-refractivity contribution in [2.75, 3.05) is 13.7 Å². The van der Waals surface area contributed by atoms with Gasteiger partial charge in [0, 0.05) is 25.7 Å². The molecule has 0 aliphatic rings. The number of fused-ring (bicyclic) bond motifs is 1. The molecule has 0 aliphatic heterocycles. The average Bonchev–Trinajstić information content (AvgIpc) is 3.12. The van der Waals surface area contributed by atoms with Gasteiger partial charge in [-0.05, 0) is 12.1 Å². The highest BCUT2D eigenvalue weighted by Crippen LogP contribution is 2.20. The lowest BCUT2D eigenvalue weighted by Gasteiger charge is -2.02. The largest absolute Gasteiger partial charge is 0.486 e. The Kier molecular flexibility index (Phi) is 4.44. The van der Waals surface area contributed by atoms with Gasteiger partial charge in [0.05, 0.1) is 11.5 Å². The minimum Gasteiger partial charge on any atom is -0.486 e. The number of ether oxygens (including phenoxy) is 2. The third-order valence-electron chi connectivity index (χ3n) is 3.04. The molecule has 0 fully saturated rings. The summed E-state index contributed by atoms with van der Waals surface area (Å²) >= 11 is 1.38. The van der Waals surface area contributed by atoms with Gasteiger partial charge < -0.3 is 9.47 Å². The van der Waals surface area contributed by atoms with Crippen molar-refractivity contribution in [3.8, 4) is 5.75 Å². The predicted molar refractivity (Wildman–Crippen MR) is 81.7 cm³/mol. The highest BCUT2D eigenvalue weighted by molar-refractivity contribution is 7.16. The van der Waals surface area contributed by atoms with Gasteiger partial charge in [-0.3, -0.25) is 10.1 Å². The van der Waals surface area contributed by atoms with Crippen LogP contribution in [0.1, 0.15) is 10.8 Å². The Morgan fingerprint density at radius 2 is 2.09 bits per heavy atom. The first-order chi connectivity index (χ1) is 11.2. The van der Waals surface area contributed by atoms with Crippen molar-refractivity contribution in [3.63, 3.8) is 0 Å². The Bertz CT molecular complexity index is 813. The molecular weight excluding hydrogens is 322 g/mol. The summed E-state index contributed by atoms with van der Waals surface area (Å²) in [5, 5.41) is 23.9. The van der Waals surface area contributed by atoms with Crippen LogP contribution in [0.15, 0.2) is 24.3 Å². The molecule has 0 aliphatic carbocycles. The maximum Gasteiger partial charge on any atom is 0.269 e. The first-order valence-corrected chi connectivity index (χ1v) is 7.55. The van der Waals surface area contributed by atoms with Crippen LogP contribution in [-0.2, 0) is 17.8 Å². The number of methoxy groups -OCH3 is 1. The van der Waals surface area contributed by atoms with Crippen molar-refractivity contribution in [1.29, 1.82) is 0 Å². The van der Waals surface area contributed by atoms with E-state index in [2.05, 4.69) is 15.3 Å². The summed E-state index contributed by atoms with van der Waals surface area (Å²) < 4.78 is 12.3. The fraction of sp³-hybridized carbons (Fsp3) is 0.308. The minimum atomic E-state index is -0.450. The first kappa shape index (κ1) is 15.3. The standard InChI is InChI=1S/C13H13N5O4S/c1-21-7-6-11-14-15-13-17(11)16-12(23-13)8-22-10-4-2-9(3-5-10)18(19)20/h2-5H,6-8H2,1H3. The number of nitro benzene ring substituents is 1. The summed E-state index contributed by atoms with van der Waals surface area (Å²) in [5.74, 6) is 1.28. The summed E-state index contributed by atoms with van der Waals surface area (Å²) in [4.78, 5) is 10.8. The van der Waals surface area contributed by atoms with E-state index in [4.69, 9.17) is 9.47 Å². The maximum atomic E-state index is 10.6. The number of nitro groups is 1. The van der Waals surface area contributed by atoms with Crippen LogP contribution in [0.3, 0.4) is 0 Å². The summed E-state index contributed by atoms with van der Waals surface area (Å²) in [6, 6.07) is 5.92. The number of aromatic nitrogens is 4. The Balaban J connectivity index is 1.67. The lowest BCUT2D eigenvalue weighted by Crippen LogP contribution is -2.02. The second-order valence-electron chi connectivity index (χ2n) is 4.59. The normalized spacial score (nSPS) is 11.0. The summed E-state index contributed by atoms with van der Waals surface area (Å²) in [7, 11) is 1.63. The predicted octanol–water partition coefficient (Wildman–Crippen LogP) is 1.86. The van der Waals surface area contributed by atoms with E-state index in [1.165, 1.54) is 23.5 Å². The quantitative estimate of drug-likeness (QED) is 0.479. The van der Waals surface area contributed by atoms with E-state index in [1.807, 2.05) is 0 Å². The van der Waals surface area contributed by atoms with Gasteiger partial charge in [0.2, 0.25) is 4.96 Å². The van der Waals surface area contributed by atoms with Gasteiger partial charge in [0.15, 0.2) is 10.8 Å². The van der Waals surface area contributed by atoms with Gasteiger partial charge in [-0.1, -0.05) is 11.3 Å². The SMILES string of the molecule is COCCc1nnc2sc(COc3ccc([N+](=O)[O-])cc3)nn12. The van der Waals surface area contributed by atoms with Gasteiger partial charge in [0.25, 0.3) is 5.69 Å². The Morgan fingerprint density at radius 3 is 2.78 bits per heavy atom. The molecule has 2 aromatic heterocycles. The van der Waals surface area contributed by atoms with Crippen LogP contribution in [-0.4, -0.2) is 38.5 Å². The van der Waals surface area contributed by atoms with Crippen molar-refractivity contribution in [2.24, 2.45) is 0 Å². The van der Waals surface area contributed by atoms with Crippen molar-refractivity contribution >= 4 is 22.0 Å². The molecule has 3 aromatic rings. The van der Waals surface area contributed by atoms with Crippen LogP contribution in [0.4, 0.5) is 5.69 Å². The monoisotopic (exact) mass is 335 g/mol. The highest BCUT2D eigenvalue weighted by atomic mass is 32.1. The lowest BCUT2D eigenvalue weighted by molar-refractivity contribution is -0.384. The van der Waals surface area contributed by atoms with Crippen LogP contribution >= 0.6 is 11.3 Å². The van der Waals surface area contributed by atoms with Crippen LogP contribution in [0, 0.1) is 10.1 Å². The van der Waals surface area contributed by atoms with Gasteiger partial charge in [0.1, 0.15) is 12.4 Å². The van der Waals surface area contributed by atoms with Crippen LogP contribution in [0.2, 0.25) is 0 Å². The third kappa shape index (κ3) is 3.43. The average molecular weight is 335 g/mol. The van der Waals surface area contributed by atoms with Crippen LogP contribution in [0.5, 0.6) is 5.75 Å². The molecule has 0 amide bonds. The number of rotatable bonds is 7. The minimum absolute atomic E-state index is 0.0268. The molecule has 0 bridgehead atoms. The number of hydrogen-bond acceptors (Lipinski definition) is 8. The van der Waals surface area contributed by atoms with Crippen molar-refractivity contribution in [2.45, 2.75) is 13.0 Å². The molecule has 9 nitrogen and oxygen atoms in total. The fourth-order valence-electron chi connectivity index (χ4n) is 1.91. The number of non-ortho nitro benzene ring substituents is 1. The molecule has 0 unspecified atom stereocenters. The van der Waals surface area contributed by atoms with Gasteiger partial charge in [-0.2, -0.15) is 9.61 Å². The Hall–Kier alpha value is -2.59. The summed E-state index contributed by atoms with van der Waals surface area (Å²) in [6.07, 6.45) is 0.629.